The highest BCUT2D eigenvalue weighted by atomic mass is 32.1. The summed E-state index contributed by atoms with van der Waals surface area (Å²) in [6.45, 7) is 1.96. The van der Waals surface area contributed by atoms with E-state index < -0.39 is 0 Å². The average molecular weight is 273 g/mol. The molecule has 0 saturated heterocycles. The number of benzene rings is 1. The molecular weight excluding hydrogens is 254 g/mol. The second kappa shape index (κ2) is 5.33. The number of rotatable bonds is 2. The van der Waals surface area contributed by atoms with Gasteiger partial charge in [-0.05, 0) is 36.9 Å². The maximum Gasteiger partial charge on any atom is 0.253 e. The van der Waals surface area contributed by atoms with Gasteiger partial charge in [-0.1, -0.05) is 49.6 Å². The lowest BCUT2D eigenvalue weighted by Gasteiger charge is -2.24. The van der Waals surface area contributed by atoms with Gasteiger partial charge < -0.3 is 0 Å². The van der Waals surface area contributed by atoms with Crippen LogP contribution in [0.4, 0.5) is 0 Å². The lowest BCUT2D eigenvalue weighted by molar-refractivity contribution is 0.372. The lowest BCUT2D eigenvalue weighted by atomic mass is 9.95. The van der Waals surface area contributed by atoms with Crippen molar-refractivity contribution in [2.75, 3.05) is 0 Å². The first-order valence-electron chi connectivity index (χ1n) is 7.05. The maximum absolute atomic E-state index is 12.1. The van der Waals surface area contributed by atoms with E-state index >= 15 is 0 Å². The van der Waals surface area contributed by atoms with Crippen LogP contribution in [0.2, 0.25) is 0 Å². The zero-order valence-electron chi connectivity index (χ0n) is 11.3. The fraction of sp³-hybridized carbons (Fsp3) is 0.438. The molecule has 3 rings (SSSR count). The summed E-state index contributed by atoms with van der Waals surface area (Å²) in [6, 6.07) is 10.8. The Kier molecular flexibility index (Phi) is 3.56. The second-order valence-corrected chi connectivity index (χ2v) is 6.28. The Morgan fingerprint density at radius 3 is 2.47 bits per heavy atom. The number of nitrogens with zero attached hydrogens (tertiary/aromatic N) is 1. The van der Waals surface area contributed by atoms with Crippen LogP contribution < -0.4 is 4.74 Å². The Hall–Kier alpha value is -1.35. The van der Waals surface area contributed by atoms with E-state index in [1.807, 2.05) is 25.1 Å². The molecule has 19 heavy (non-hydrogen) atoms. The normalized spacial score (nSPS) is 16.7. The van der Waals surface area contributed by atoms with Gasteiger partial charge in [0.2, 0.25) is 0 Å². The molecule has 3 heteroatoms. The van der Waals surface area contributed by atoms with Gasteiger partial charge in [0, 0.05) is 11.6 Å². The molecule has 2 aromatic rings. The summed E-state index contributed by atoms with van der Waals surface area (Å²) in [6.07, 6.45) is 6.34. The van der Waals surface area contributed by atoms with E-state index in [2.05, 4.69) is 16.1 Å². The molecule has 0 bridgehead atoms. The molecule has 1 aromatic carbocycles. The zero-order chi connectivity index (χ0) is 13.2. The van der Waals surface area contributed by atoms with Gasteiger partial charge in [-0.15, -0.1) is 0 Å². The molecule has 0 N–H and O–H groups in total. The molecule has 0 amide bonds. The summed E-state index contributed by atoms with van der Waals surface area (Å²) in [5, 5.41) is 0. The second-order valence-electron chi connectivity index (χ2n) is 5.34. The summed E-state index contributed by atoms with van der Waals surface area (Å²) in [7, 11) is 0. The molecule has 1 heterocycles. The molecule has 1 saturated carbocycles. The fourth-order valence-electron chi connectivity index (χ4n) is 2.98. The highest BCUT2D eigenvalue weighted by Gasteiger charge is 2.22. The van der Waals surface area contributed by atoms with Crippen molar-refractivity contribution >= 4 is 11.5 Å². The zero-order valence-corrected chi connectivity index (χ0v) is 12.1. The Bertz CT molecular complexity index is 605. The summed E-state index contributed by atoms with van der Waals surface area (Å²) < 4.78 is 2.50. The van der Waals surface area contributed by atoms with Gasteiger partial charge >= 0.3 is 0 Å². The SMILES string of the molecule is Cc1c(-c2ccccc2)n(C2CCCCC2)sc1=O. The molecule has 0 spiro atoms. The third kappa shape index (κ3) is 2.39. The van der Waals surface area contributed by atoms with Crippen molar-refractivity contribution < 1.29 is 0 Å². The van der Waals surface area contributed by atoms with Crippen LogP contribution in [0.15, 0.2) is 35.1 Å². The van der Waals surface area contributed by atoms with Gasteiger partial charge in [0.05, 0.1) is 5.69 Å². The van der Waals surface area contributed by atoms with E-state index in [0.29, 0.717) is 6.04 Å². The van der Waals surface area contributed by atoms with Crippen molar-refractivity contribution in [3.05, 3.63) is 45.4 Å². The molecular formula is C16H19NOS. The minimum absolute atomic E-state index is 0.212. The van der Waals surface area contributed by atoms with Crippen LogP contribution in [0.25, 0.3) is 11.3 Å². The monoisotopic (exact) mass is 273 g/mol. The predicted octanol–water partition coefficient (Wildman–Crippen LogP) is 4.39. The van der Waals surface area contributed by atoms with Crippen LogP contribution >= 0.6 is 11.5 Å². The van der Waals surface area contributed by atoms with Crippen LogP contribution in [0.1, 0.15) is 43.7 Å². The number of aromatic nitrogens is 1. The van der Waals surface area contributed by atoms with E-state index in [-0.39, 0.29) is 4.74 Å². The third-order valence-electron chi connectivity index (χ3n) is 4.02. The third-order valence-corrected chi connectivity index (χ3v) is 5.17. The molecule has 0 aliphatic heterocycles. The molecule has 1 aliphatic carbocycles. The minimum atomic E-state index is 0.212. The Morgan fingerprint density at radius 2 is 1.79 bits per heavy atom. The van der Waals surface area contributed by atoms with Crippen molar-refractivity contribution in [3.8, 4) is 11.3 Å². The molecule has 1 fully saturated rings. The summed E-state index contributed by atoms with van der Waals surface area (Å²) in [4.78, 5) is 12.1. The lowest BCUT2D eigenvalue weighted by Crippen LogP contribution is -2.11. The van der Waals surface area contributed by atoms with Gasteiger partial charge in [-0.3, -0.25) is 8.75 Å². The highest BCUT2D eigenvalue weighted by Crippen LogP contribution is 2.34. The summed E-state index contributed by atoms with van der Waals surface area (Å²) in [5.74, 6) is 0. The standard InChI is InChI=1S/C16H19NOS/c1-12-15(13-8-4-2-5-9-13)17(19-16(12)18)14-10-6-3-7-11-14/h2,4-5,8-9,14H,3,6-7,10-11H2,1H3. The average Bonchev–Trinajstić information content (AvgIpc) is 2.77. The van der Waals surface area contributed by atoms with Crippen LogP contribution in [0.3, 0.4) is 0 Å². The largest absolute Gasteiger partial charge is 0.291 e. The van der Waals surface area contributed by atoms with Crippen molar-refractivity contribution in [1.82, 2.24) is 3.96 Å². The first kappa shape index (κ1) is 12.7. The van der Waals surface area contributed by atoms with E-state index in [9.17, 15) is 4.79 Å². The van der Waals surface area contributed by atoms with Crippen molar-refractivity contribution in [1.29, 1.82) is 0 Å². The number of hydrogen-bond acceptors (Lipinski definition) is 2. The van der Waals surface area contributed by atoms with E-state index in [1.165, 1.54) is 49.2 Å². The number of hydrogen-bond donors (Lipinski definition) is 0. The van der Waals surface area contributed by atoms with Crippen molar-refractivity contribution in [3.63, 3.8) is 0 Å². The van der Waals surface area contributed by atoms with Crippen molar-refractivity contribution in [2.24, 2.45) is 0 Å². The molecule has 2 nitrogen and oxygen atoms in total. The van der Waals surface area contributed by atoms with Gasteiger partial charge in [0.1, 0.15) is 0 Å². The van der Waals surface area contributed by atoms with E-state index in [4.69, 9.17) is 0 Å². The van der Waals surface area contributed by atoms with Crippen molar-refractivity contribution in [2.45, 2.75) is 45.1 Å². The van der Waals surface area contributed by atoms with Gasteiger partial charge in [-0.25, -0.2) is 0 Å². The Morgan fingerprint density at radius 1 is 1.11 bits per heavy atom. The van der Waals surface area contributed by atoms with E-state index in [0.717, 1.165) is 11.3 Å². The van der Waals surface area contributed by atoms with Gasteiger partial charge in [0.25, 0.3) is 4.74 Å². The topological polar surface area (TPSA) is 22.0 Å². The maximum atomic E-state index is 12.1. The Balaban J connectivity index is 2.10. The molecule has 0 atom stereocenters. The fourth-order valence-corrected chi connectivity index (χ4v) is 4.08. The van der Waals surface area contributed by atoms with Gasteiger partial charge in [-0.2, -0.15) is 0 Å². The molecule has 100 valence electrons. The van der Waals surface area contributed by atoms with Crippen LogP contribution in [-0.2, 0) is 0 Å². The molecule has 0 unspecified atom stereocenters. The first-order valence-corrected chi connectivity index (χ1v) is 7.82. The summed E-state index contributed by atoms with van der Waals surface area (Å²) in [5.41, 5.74) is 3.22. The van der Waals surface area contributed by atoms with Crippen LogP contribution in [-0.4, -0.2) is 3.96 Å². The smallest absolute Gasteiger partial charge is 0.253 e. The molecule has 1 aliphatic rings. The first-order chi connectivity index (χ1) is 9.27. The highest BCUT2D eigenvalue weighted by molar-refractivity contribution is 7.04. The van der Waals surface area contributed by atoms with Crippen LogP contribution in [0, 0.1) is 6.92 Å². The van der Waals surface area contributed by atoms with E-state index in [1.54, 1.807) is 0 Å². The molecule has 1 aromatic heterocycles. The summed E-state index contributed by atoms with van der Waals surface area (Å²) >= 11 is 1.40. The van der Waals surface area contributed by atoms with Gasteiger partial charge in [0.15, 0.2) is 0 Å². The minimum Gasteiger partial charge on any atom is -0.291 e. The van der Waals surface area contributed by atoms with Crippen LogP contribution in [0.5, 0.6) is 0 Å². The quantitative estimate of drug-likeness (QED) is 0.795. The Labute approximate surface area is 117 Å². The molecule has 0 radical (unpaired) electrons. The predicted molar refractivity (Wildman–Crippen MR) is 80.9 cm³/mol.